The molecule has 0 unspecified atom stereocenters. The summed E-state index contributed by atoms with van der Waals surface area (Å²) in [6.07, 6.45) is 1.91. The Bertz CT molecular complexity index is 783. The molecule has 0 aromatic heterocycles. The van der Waals surface area contributed by atoms with Gasteiger partial charge in [0.15, 0.2) is 0 Å². The third kappa shape index (κ3) is 4.73. The van der Waals surface area contributed by atoms with Crippen molar-refractivity contribution in [2.75, 3.05) is 32.3 Å². The van der Waals surface area contributed by atoms with Crippen LogP contribution >= 0.6 is 11.8 Å². The zero-order valence-electron chi connectivity index (χ0n) is 14.2. The summed E-state index contributed by atoms with van der Waals surface area (Å²) in [7, 11) is 2.88. The molecule has 2 aromatic carbocycles. The van der Waals surface area contributed by atoms with Crippen LogP contribution in [0.4, 0.5) is 10.1 Å². The highest BCUT2D eigenvalue weighted by atomic mass is 32.2. The number of anilines is 1. The lowest BCUT2D eigenvalue weighted by atomic mass is 10.1. The SMILES string of the molecule is COc1ccc(F)cc1C(=O)N(C)CC(=O)Nc1ccccc1SC. The molecule has 0 aliphatic carbocycles. The van der Waals surface area contributed by atoms with E-state index >= 15 is 0 Å². The van der Waals surface area contributed by atoms with E-state index in [2.05, 4.69) is 5.32 Å². The largest absolute Gasteiger partial charge is 0.496 e. The monoisotopic (exact) mass is 362 g/mol. The van der Waals surface area contributed by atoms with Crippen LogP contribution in [0.25, 0.3) is 0 Å². The molecule has 0 aliphatic heterocycles. The number of benzene rings is 2. The Hall–Kier alpha value is -2.54. The van der Waals surface area contributed by atoms with Crippen molar-refractivity contribution in [1.29, 1.82) is 0 Å². The van der Waals surface area contributed by atoms with E-state index in [0.29, 0.717) is 5.69 Å². The Morgan fingerprint density at radius 3 is 2.64 bits per heavy atom. The smallest absolute Gasteiger partial charge is 0.257 e. The fourth-order valence-corrected chi connectivity index (χ4v) is 2.83. The molecule has 0 atom stereocenters. The van der Waals surface area contributed by atoms with Gasteiger partial charge in [-0.15, -0.1) is 11.8 Å². The number of nitrogens with zero attached hydrogens (tertiary/aromatic N) is 1. The van der Waals surface area contributed by atoms with E-state index in [9.17, 15) is 14.0 Å². The standard InChI is InChI=1S/C18H19FN2O3S/c1-21(18(23)13-10-12(19)8-9-15(13)24-2)11-17(22)20-14-6-4-5-7-16(14)25-3/h4-10H,11H2,1-3H3,(H,20,22). The third-order valence-electron chi connectivity index (χ3n) is 3.50. The first-order chi connectivity index (χ1) is 12.0. The number of thioether (sulfide) groups is 1. The fraction of sp³-hybridized carbons (Fsp3) is 0.222. The summed E-state index contributed by atoms with van der Waals surface area (Å²) >= 11 is 1.51. The number of para-hydroxylation sites is 1. The molecule has 2 amide bonds. The second kappa shape index (κ2) is 8.53. The number of ether oxygens (including phenoxy) is 1. The quantitative estimate of drug-likeness (QED) is 0.802. The third-order valence-corrected chi connectivity index (χ3v) is 4.30. The molecule has 2 aromatic rings. The maximum atomic E-state index is 13.4. The van der Waals surface area contributed by atoms with Gasteiger partial charge in [0.2, 0.25) is 5.91 Å². The fourth-order valence-electron chi connectivity index (χ4n) is 2.28. The van der Waals surface area contributed by atoms with Gasteiger partial charge in [0, 0.05) is 11.9 Å². The number of carbonyl (C=O) groups is 2. The summed E-state index contributed by atoms with van der Waals surface area (Å²) in [6.45, 7) is -0.165. The van der Waals surface area contributed by atoms with Crippen LogP contribution in [0, 0.1) is 5.82 Å². The Labute approximate surface area is 150 Å². The second-order valence-electron chi connectivity index (χ2n) is 5.25. The summed E-state index contributed by atoms with van der Waals surface area (Å²) in [4.78, 5) is 26.9. The summed E-state index contributed by atoms with van der Waals surface area (Å²) in [5.74, 6) is -1.13. The number of rotatable bonds is 6. The van der Waals surface area contributed by atoms with Gasteiger partial charge in [0.05, 0.1) is 24.9 Å². The van der Waals surface area contributed by atoms with Crippen LogP contribution in [-0.2, 0) is 4.79 Å². The van der Waals surface area contributed by atoms with E-state index in [1.807, 2.05) is 24.5 Å². The van der Waals surface area contributed by atoms with Gasteiger partial charge < -0.3 is 15.0 Å². The highest BCUT2D eigenvalue weighted by molar-refractivity contribution is 7.98. The molecular weight excluding hydrogens is 343 g/mol. The van der Waals surface area contributed by atoms with E-state index in [1.54, 1.807) is 6.07 Å². The molecule has 2 rings (SSSR count). The topological polar surface area (TPSA) is 58.6 Å². The normalized spacial score (nSPS) is 10.2. The first-order valence-electron chi connectivity index (χ1n) is 7.48. The van der Waals surface area contributed by atoms with Crippen molar-refractivity contribution in [3.8, 4) is 5.75 Å². The van der Waals surface area contributed by atoms with Crippen LogP contribution in [-0.4, -0.2) is 43.7 Å². The highest BCUT2D eigenvalue weighted by Gasteiger charge is 2.20. The van der Waals surface area contributed by atoms with Gasteiger partial charge in [-0.1, -0.05) is 12.1 Å². The van der Waals surface area contributed by atoms with Gasteiger partial charge >= 0.3 is 0 Å². The molecule has 5 nitrogen and oxygen atoms in total. The van der Waals surface area contributed by atoms with Crippen LogP contribution < -0.4 is 10.1 Å². The van der Waals surface area contributed by atoms with Gasteiger partial charge in [-0.25, -0.2) is 4.39 Å². The minimum Gasteiger partial charge on any atom is -0.496 e. The molecule has 0 radical (unpaired) electrons. The number of likely N-dealkylation sites (N-methyl/N-ethyl adjacent to an activating group) is 1. The Kier molecular flexibility index (Phi) is 6.41. The lowest BCUT2D eigenvalue weighted by Crippen LogP contribution is -2.35. The molecule has 0 spiro atoms. The summed E-state index contributed by atoms with van der Waals surface area (Å²) in [6, 6.07) is 11.1. The average Bonchev–Trinajstić information content (AvgIpc) is 2.61. The first-order valence-corrected chi connectivity index (χ1v) is 8.70. The molecule has 1 N–H and O–H groups in total. The van der Waals surface area contributed by atoms with Gasteiger partial charge in [0.1, 0.15) is 11.6 Å². The lowest BCUT2D eigenvalue weighted by Gasteiger charge is -2.19. The molecule has 25 heavy (non-hydrogen) atoms. The predicted octanol–water partition coefficient (Wildman–Crippen LogP) is 3.27. The van der Waals surface area contributed by atoms with E-state index in [4.69, 9.17) is 4.74 Å². The Morgan fingerprint density at radius 2 is 1.96 bits per heavy atom. The number of carbonyl (C=O) groups excluding carboxylic acids is 2. The zero-order valence-corrected chi connectivity index (χ0v) is 15.0. The van der Waals surface area contributed by atoms with E-state index < -0.39 is 11.7 Å². The van der Waals surface area contributed by atoms with Gasteiger partial charge in [-0.3, -0.25) is 9.59 Å². The van der Waals surface area contributed by atoms with Crippen molar-refractivity contribution in [2.45, 2.75) is 4.90 Å². The van der Waals surface area contributed by atoms with Crippen LogP contribution in [0.15, 0.2) is 47.4 Å². The summed E-state index contributed by atoms with van der Waals surface area (Å²) < 4.78 is 18.5. The van der Waals surface area contributed by atoms with Crippen molar-refractivity contribution in [1.82, 2.24) is 4.90 Å². The second-order valence-corrected chi connectivity index (χ2v) is 6.10. The van der Waals surface area contributed by atoms with Gasteiger partial charge in [-0.2, -0.15) is 0 Å². The zero-order chi connectivity index (χ0) is 18.4. The number of nitrogens with one attached hydrogen (secondary N) is 1. The van der Waals surface area contributed by atoms with Crippen molar-refractivity contribution >= 4 is 29.3 Å². The molecule has 0 saturated heterocycles. The minimum atomic E-state index is -0.545. The first kappa shape index (κ1) is 18.8. The number of halogens is 1. The van der Waals surface area contributed by atoms with E-state index in [1.165, 1.54) is 43.0 Å². The van der Waals surface area contributed by atoms with Crippen LogP contribution in [0.1, 0.15) is 10.4 Å². The van der Waals surface area contributed by atoms with Crippen molar-refractivity contribution < 1.29 is 18.7 Å². The van der Waals surface area contributed by atoms with Crippen LogP contribution in [0.5, 0.6) is 5.75 Å². The van der Waals surface area contributed by atoms with Crippen molar-refractivity contribution in [3.63, 3.8) is 0 Å². The van der Waals surface area contributed by atoms with Crippen molar-refractivity contribution in [2.24, 2.45) is 0 Å². The highest BCUT2D eigenvalue weighted by Crippen LogP contribution is 2.24. The Morgan fingerprint density at radius 1 is 1.24 bits per heavy atom. The molecular formula is C18H19FN2O3S. The number of amides is 2. The maximum Gasteiger partial charge on any atom is 0.257 e. The molecule has 0 bridgehead atoms. The van der Waals surface area contributed by atoms with Crippen molar-refractivity contribution in [3.05, 3.63) is 53.8 Å². The van der Waals surface area contributed by atoms with Crippen LogP contribution in [0.2, 0.25) is 0 Å². The summed E-state index contributed by atoms with van der Waals surface area (Å²) in [5, 5.41) is 2.78. The lowest BCUT2D eigenvalue weighted by molar-refractivity contribution is -0.116. The molecule has 0 aliphatic rings. The number of hydrogen-bond donors (Lipinski definition) is 1. The Balaban J connectivity index is 2.08. The van der Waals surface area contributed by atoms with Gasteiger partial charge in [0.25, 0.3) is 5.91 Å². The molecule has 7 heteroatoms. The number of methoxy groups -OCH3 is 1. The maximum absolute atomic E-state index is 13.4. The predicted molar refractivity (Wildman–Crippen MR) is 96.8 cm³/mol. The molecule has 0 saturated carbocycles. The van der Waals surface area contributed by atoms with Crippen LogP contribution in [0.3, 0.4) is 0 Å². The summed E-state index contributed by atoms with van der Waals surface area (Å²) in [5.41, 5.74) is 0.756. The molecule has 0 heterocycles. The minimum absolute atomic E-state index is 0.0716. The molecule has 132 valence electrons. The van der Waals surface area contributed by atoms with E-state index in [0.717, 1.165) is 11.0 Å². The number of hydrogen-bond acceptors (Lipinski definition) is 4. The average molecular weight is 362 g/mol. The van der Waals surface area contributed by atoms with E-state index in [-0.39, 0.29) is 23.8 Å². The van der Waals surface area contributed by atoms with Gasteiger partial charge in [-0.05, 0) is 36.6 Å². The molecule has 0 fully saturated rings.